The number of esters is 1. The average molecular weight is 228 g/mol. The quantitative estimate of drug-likeness (QED) is 0.590. The monoisotopic (exact) mass is 228 g/mol. The Labute approximate surface area is 93.9 Å². The van der Waals surface area contributed by atoms with Crippen molar-refractivity contribution < 1.29 is 13.9 Å². The molecule has 0 radical (unpaired) electrons. The van der Waals surface area contributed by atoms with Crippen LogP contribution in [0, 0.1) is 5.82 Å². The number of carbonyl (C=O) groups excluding carboxylic acids is 1. The first-order valence-electron chi connectivity index (χ1n) is 4.51. The van der Waals surface area contributed by atoms with Gasteiger partial charge in [0.2, 0.25) is 0 Å². The second kappa shape index (κ2) is 4.23. The largest absolute Gasteiger partial charge is 0.456 e. The van der Waals surface area contributed by atoms with Crippen LogP contribution >= 0.6 is 12.6 Å². The fourth-order valence-electron chi connectivity index (χ4n) is 1.00. The van der Waals surface area contributed by atoms with Gasteiger partial charge in [0.15, 0.2) is 0 Å². The van der Waals surface area contributed by atoms with Gasteiger partial charge in [0.25, 0.3) is 0 Å². The van der Waals surface area contributed by atoms with Gasteiger partial charge in [-0.1, -0.05) is 0 Å². The van der Waals surface area contributed by atoms with Crippen LogP contribution in [0.2, 0.25) is 0 Å². The van der Waals surface area contributed by atoms with Crippen LogP contribution in [0.3, 0.4) is 0 Å². The molecule has 0 saturated carbocycles. The standard InChI is InChI=1S/C11H13FO2S/c1-11(2,3)14-10(13)8-6-7(12)4-5-9(8)15/h4-6,15H,1-3H3. The van der Waals surface area contributed by atoms with Crippen LogP contribution in [0.25, 0.3) is 0 Å². The number of ether oxygens (including phenoxy) is 1. The second-order valence-corrected chi connectivity index (χ2v) is 4.65. The van der Waals surface area contributed by atoms with Crippen LogP contribution in [0.15, 0.2) is 23.1 Å². The van der Waals surface area contributed by atoms with Gasteiger partial charge in [-0.2, -0.15) is 0 Å². The molecule has 0 atom stereocenters. The lowest BCUT2D eigenvalue weighted by Gasteiger charge is -2.19. The molecule has 0 aliphatic heterocycles. The van der Waals surface area contributed by atoms with E-state index in [0.717, 1.165) is 6.07 Å². The molecule has 0 fully saturated rings. The van der Waals surface area contributed by atoms with E-state index in [4.69, 9.17) is 4.74 Å². The molecule has 0 bridgehead atoms. The number of rotatable bonds is 1. The Morgan fingerprint density at radius 3 is 2.53 bits per heavy atom. The number of hydrogen-bond acceptors (Lipinski definition) is 3. The van der Waals surface area contributed by atoms with E-state index in [1.54, 1.807) is 20.8 Å². The Balaban J connectivity index is 2.96. The summed E-state index contributed by atoms with van der Waals surface area (Å²) in [6, 6.07) is 3.80. The van der Waals surface area contributed by atoms with E-state index in [2.05, 4.69) is 12.6 Å². The Kier molecular flexibility index (Phi) is 3.39. The molecular weight excluding hydrogens is 215 g/mol. The predicted molar refractivity (Wildman–Crippen MR) is 58.8 cm³/mol. The molecule has 0 unspecified atom stereocenters. The maximum Gasteiger partial charge on any atom is 0.339 e. The maximum atomic E-state index is 12.9. The van der Waals surface area contributed by atoms with E-state index < -0.39 is 17.4 Å². The zero-order valence-corrected chi connectivity index (χ0v) is 9.77. The van der Waals surface area contributed by atoms with Crippen LogP contribution in [-0.2, 0) is 4.74 Å². The first kappa shape index (κ1) is 12.0. The van der Waals surface area contributed by atoms with Crippen molar-refractivity contribution in [3.8, 4) is 0 Å². The molecule has 15 heavy (non-hydrogen) atoms. The molecule has 0 amide bonds. The average Bonchev–Trinajstić information content (AvgIpc) is 2.06. The van der Waals surface area contributed by atoms with Crippen LogP contribution < -0.4 is 0 Å². The molecule has 0 aromatic heterocycles. The van der Waals surface area contributed by atoms with Crippen LogP contribution in [0.5, 0.6) is 0 Å². The number of hydrogen-bond donors (Lipinski definition) is 1. The molecule has 1 aromatic carbocycles. The van der Waals surface area contributed by atoms with Gasteiger partial charge < -0.3 is 4.74 Å². The normalized spacial score (nSPS) is 11.3. The topological polar surface area (TPSA) is 26.3 Å². The van der Waals surface area contributed by atoms with Gasteiger partial charge >= 0.3 is 5.97 Å². The molecule has 82 valence electrons. The zero-order chi connectivity index (χ0) is 11.6. The third kappa shape index (κ3) is 3.55. The van der Waals surface area contributed by atoms with Gasteiger partial charge in [-0.05, 0) is 39.0 Å². The molecule has 0 aliphatic rings. The molecule has 4 heteroatoms. The minimum absolute atomic E-state index is 0.147. The molecule has 0 spiro atoms. The summed E-state index contributed by atoms with van der Waals surface area (Å²) in [5.74, 6) is -1.04. The number of halogens is 1. The summed E-state index contributed by atoms with van der Waals surface area (Å²) in [6.45, 7) is 5.26. The van der Waals surface area contributed by atoms with Crippen molar-refractivity contribution in [2.24, 2.45) is 0 Å². The SMILES string of the molecule is CC(C)(C)OC(=O)c1cc(F)ccc1S. The van der Waals surface area contributed by atoms with Crippen molar-refractivity contribution in [2.75, 3.05) is 0 Å². The Hall–Kier alpha value is -1.03. The molecule has 1 rings (SSSR count). The minimum Gasteiger partial charge on any atom is -0.456 e. The Morgan fingerprint density at radius 1 is 1.40 bits per heavy atom. The van der Waals surface area contributed by atoms with Crippen LogP contribution in [-0.4, -0.2) is 11.6 Å². The summed E-state index contributed by atoms with van der Waals surface area (Å²) in [5, 5.41) is 0. The third-order valence-corrected chi connectivity index (χ3v) is 1.97. The van der Waals surface area contributed by atoms with E-state index >= 15 is 0 Å². The van der Waals surface area contributed by atoms with Gasteiger partial charge in [0, 0.05) is 4.90 Å². The first-order chi connectivity index (χ1) is 6.79. The number of carbonyl (C=O) groups is 1. The molecule has 0 N–H and O–H groups in total. The smallest absolute Gasteiger partial charge is 0.339 e. The van der Waals surface area contributed by atoms with Gasteiger partial charge in [-0.3, -0.25) is 0 Å². The van der Waals surface area contributed by atoms with Crippen molar-refractivity contribution in [1.29, 1.82) is 0 Å². The Bertz CT molecular complexity index is 383. The molecule has 0 saturated heterocycles. The third-order valence-electron chi connectivity index (χ3n) is 1.58. The molecular formula is C11H13FO2S. The summed E-state index contributed by atoms with van der Waals surface area (Å²) in [6.07, 6.45) is 0. The summed E-state index contributed by atoms with van der Waals surface area (Å²) in [7, 11) is 0. The summed E-state index contributed by atoms with van der Waals surface area (Å²) in [5.41, 5.74) is -0.447. The van der Waals surface area contributed by atoms with Crippen molar-refractivity contribution in [1.82, 2.24) is 0 Å². The number of thiol groups is 1. The highest BCUT2D eigenvalue weighted by molar-refractivity contribution is 7.80. The lowest BCUT2D eigenvalue weighted by molar-refractivity contribution is 0.00651. The summed E-state index contributed by atoms with van der Waals surface area (Å²) < 4.78 is 18.0. The molecule has 0 heterocycles. The van der Waals surface area contributed by atoms with Gasteiger partial charge in [-0.15, -0.1) is 12.6 Å². The van der Waals surface area contributed by atoms with Crippen molar-refractivity contribution in [2.45, 2.75) is 31.3 Å². The fraction of sp³-hybridized carbons (Fsp3) is 0.364. The summed E-state index contributed by atoms with van der Waals surface area (Å²) >= 11 is 4.07. The van der Waals surface area contributed by atoms with Crippen molar-refractivity contribution in [3.63, 3.8) is 0 Å². The van der Waals surface area contributed by atoms with Gasteiger partial charge in [-0.25, -0.2) is 9.18 Å². The molecule has 0 aliphatic carbocycles. The first-order valence-corrected chi connectivity index (χ1v) is 4.96. The van der Waals surface area contributed by atoms with Gasteiger partial charge in [0.1, 0.15) is 11.4 Å². The van der Waals surface area contributed by atoms with Crippen LogP contribution in [0.4, 0.5) is 4.39 Å². The highest BCUT2D eigenvalue weighted by Gasteiger charge is 2.19. The van der Waals surface area contributed by atoms with Crippen molar-refractivity contribution >= 4 is 18.6 Å². The van der Waals surface area contributed by atoms with E-state index in [9.17, 15) is 9.18 Å². The number of benzene rings is 1. The van der Waals surface area contributed by atoms with Gasteiger partial charge in [0.05, 0.1) is 5.56 Å². The second-order valence-electron chi connectivity index (χ2n) is 4.16. The van der Waals surface area contributed by atoms with E-state index in [1.807, 2.05) is 0 Å². The van der Waals surface area contributed by atoms with E-state index in [1.165, 1.54) is 12.1 Å². The Morgan fingerprint density at radius 2 is 2.00 bits per heavy atom. The molecule has 1 aromatic rings. The molecule has 2 nitrogen and oxygen atoms in total. The minimum atomic E-state index is -0.594. The highest BCUT2D eigenvalue weighted by atomic mass is 32.1. The zero-order valence-electron chi connectivity index (χ0n) is 8.87. The fourth-order valence-corrected chi connectivity index (χ4v) is 1.24. The maximum absolute atomic E-state index is 12.9. The highest BCUT2D eigenvalue weighted by Crippen LogP contribution is 2.19. The van der Waals surface area contributed by atoms with E-state index in [-0.39, 0.29) is 5.56 Å². The lowest BCUT2D eigenvalue weighted by atomic mass is 10.1. The van der Waals surface area contributed by atoms with E-state index in [0.29, 0.717) is 4.90 Å². The predicted octanol–water partition coefficient (Wildman–Crippen LogP) is 3.07. The lowest BCUT2D eigenvalue weighted by Crippen LogP contribution is -2.24. The van der Waals surface area contributed by atoms with Crippen LogP contribution in [0.1, 0.15) is 31.1 Å². The summed E-state index contributed by atoms with van der Waals surface area (Å²) in [4.78, 5) is 12.0. The van der Waals surface area contributed by atoms with Crippen molar-refractivity contribution in [3.05, 3.63) is 29.6 Å².